The Morgan fingerprint density at radius 2 is 1.82 bits per heavy atom. The SMILES string of the molecule is COCCOCCOCCn1ccc(CO)c1. The molecule has 0 radical (unpaired) electrons. The standard InChI is InChI=1S/C12H21NO4/c1-15-6-7-17-9-8-16-5-4-13-3-2-12(10-13)11-14/h2-3,10,14H,4-9,11H2,1H3. The van der Waals surface area contributed by atoms with Crippen LogP contribution >= 0.6 is 0 Å². The van der Waals surface area contributed by atoms with Gasteiger partial charge in [0.1, 0.15) is 0 Å². The molecule has 5 nitrogen and oxygen atoms in total. The maximum atomic E-state index is 8.89. The molecular formula is C12H21NO4. The van der Waals surface area contributed by atoms with E-state index in [1.807, 2.05) is 23.0 Å². The van der Waals surface area contributed by atoms with Gasteiger partial charge >= 0.3 is 0 Å². The monoisotopic (exact) mass is 243 g/mol. The summed E-state index contributed by atoms with van der Waals surface area (Å²) in [4.78, 5) is 0. The number of aromatic nitrogens is 1. The van der Waals surface area contributed by atoms with Crippen molar-refractivity contribution in [3.8, 4) is 0 Å². The molecule has 1 heterocycles. The van der Waals surface area contributed by atoms with Crippen LogP contribution in [0, 0.1) is 0 Å². The zero-order valence-electron chi connectivity index (χ0n) is 10.3. The second-order valence-electron chi connectivity index (χ2n) is 3.63. The van der Waals surface area contributed by atoms with E-state index in [-0.39, 0.29) is 6.61 Å². The Hall–Kier alpha value is -0.880. The fourth-order valence-electron chi connectivity index (χ4n) is 1.36. The minimum Gasteiger partial charge on any atom is -0.392 e. The van der Waals surface area contributed by atoms with Crippen molar-refractivity contribution in [3.05, 3.63) is 24.0 Å². The van der Waals surface area contributed by atoms with Gasteiger partial charge in [0.15, 0.2) is 0 Å². The molecule has 5 heteroatoms. The van der Waals surface area contributed by atoms with Gasteiger partial charge in [-0.1, -0.05) is 0 Å². The van der Waals surface area contributed by atoms with E-state index >= 15 is 0 Å². The van der Waals surface area contributed by atoms with Crippen LogP contribution in [0.25, 0.3) is 0 Å². The van der Waals surface area contributed by atoms with Gasteiger partial charge in [-0.3, -0.25) is 0 Å². The van der Waals surface area contributed by atoms with E-state index in [1.165, 1.54) is 0 Å². The van der Waals surface area contributed by atoms with Gasteiger partial charge in [0.25, 0.3) is 0 Å². The molecule has 0 aliphatic carbocycles. The van der Waals surface area contributed by atoms with Gasteiger partial charge in [-0.05, 0) is 11.6 Å². The molecule has 1 aromatic rings. The molecule has 0 aliphatic rings. The van der Waals surface area contributed by atoms with Crippen molar-refractivity contribution in [3.63, 3.8) is 0 Å². The van der Waals surface area contributed by atoms with E-state index in [9.17, 15) is 0 Å². The van der Waals surface area contributed by atoms with Gasteiger partial charge in [0.2, 0.25) is 0 Å². The normalized spacial score (nSPS) is 10.9. The third-order valence-corrected chi connectivity index (χ3v) is 2.29. The Balaban J connectivity index is 1.93. The number of methoxy groups -OCH3 is 1. The molecule has 0 unspecified atom stereocenters. The van der Waals surface area contributed by atoms with Crippen LogP contribution in [-0.4, -0.2) is 49.8 Å². The van der Waals surface area contributed by atoms with Crippen molar-refractivity contribution >= 4 is 0 Å². The molecule has 0 saturated heterocycles. The molecule has 0 saturated carbocycles. The van der Waals surface area contributed by atoms with Crippen LogP contribution in [0.5, 0.6) is 0 Å². The topological polar surface area (TPSA) is 52.9 Å². The number of aliphatic hydroxyl groups excluding tert-OH is 1. The van der Waals surface area contributed by atoms with Crippen LogP contribution < -0.4 is 0 Å². The van der Waals surface area contributed by atoms with Crippen molar-refractivity contribution in [2.75, 3.05) is 40.1 Å². The lowest BCUT2D eigenvalue weighted by atomic mass is 10.4. The predicted molar refractivity (Wildman–Crippen MR) is 63.9 cm³/mol. The average molecular weight is 243 g/mol. The molecule has 0 bridgehead atoms. The summed E-state index contributed by atoms with van der Waals surface area (Å²) in [6.07, 6.45) is 3.85. The van der Waals surface area contributed by atoms with Crippen LogP contribution in [0.15, 0.2) is 18.5 Å². The van der Waals surface area contributed by atoms with Crippen molar-refractivity contribution < 1.29 is 19.3 Å². The highest BCUT2D eigenvalue weighted by atomic mass is 16.5. The smallest absolute Gasteiger partial charge is 0.0701 e. The highest BCUT2D eigenvalue weighted by Crippen LogP contribution is 2.00. The summed E-state index contributed by atoms with van der Waals surface area (Å²) in [5.74, 6) is 0. The summed E-state index contributed by atoms with van der Waals surface area (Å²) in [6, 6.07) is 1.90. The molecule has 1 aromatic heterocycles. The van der Waals surface area contributed by atoms with Crippen LogP contribution in [0.1, 0.15) is 5.56 Å². The van der Waals surface area contributed by atoms with E-state index < -0.39 is 0 Å². The molecule has 1 rings (SSSR count). The van der Waals surface area contributed by atoms with Gasteiger partial charge in [0.05, 0.1) is 39.6 Å². The zero-order valence-corrected chi connectivity index (χ0v) is 10.3. The van der Waals surface area contributed by atoms with E-state index in [2.05, 4.69) is 0 Å². The van der Waals surface area contributed by atoms with Crippen LogP contribution in [0.4, 0.5) is 0 Å². The summed E-state index contributed by atoms with van der Waals surface area (Å²) >= 11 is 0. The molecule has 1 N–H and O–H groups in total. The predicted octanol–water partition coefficient (Wildman–Crippen LogP) is 0.660. The van der Waals surface area contributed by atoms with E-state index in [4.69, 9.17) is 19.3 Å². The average Bonchev–Trinajstić information content (AvgIpc) is 2.80. The Morgan fingerprint density at radius 1 is 1.12 bits per heavy atom. The van der Waals surface area contributed by atoms with E-state index in [0.29, 0.717) is 33.0 Å². The highest BCUT2D eigenvalue weighted by molar-refractivity contribution is 5.08. The fourth-order valence-corrected chi connectivity index (χ4v) is 1.36. The first-order chi connectivity index (χ1) is 8.36. The zero-order chi connectivity index (χ0) is 12.3. The Labute approximate surface area is 102 Å². The van der Waals surface area contributed by atoms with E-state index in [1.54, 1.807) is 7.11 Å². The van der Waals surface area contributed by atoms with Crippen LogP contribution in [0.3, 0.4) is 0 Å². The second-order valence-corrected chi connectivity index (χ2v) is 3.63. The number of nitrogens with zero attached hydrogens (tertiary/aromatic N) is 1. The highest BCUT2D eigenvalue weighted by Gasteiger charge is 1.95. The summed E-state index contributed by atoms with van der Waals surface area (Å²) < 4.78 is 17.5. The van der Waals surface area contributed by atoms with Crippen molar-refractivity contribution in [1.82, 2.24) is 4.57 Å². The third-order valence-electron chi connectivity index (χ3n) is 2.29. The first-order valence-electron chi connectivity index (χ1n) is 5.76. The largest absolute Gasteiger partial charge is 0.392 e. The molecule has 0 amide bonds. The summed E-state index contributed by atoms with van der Waals surface area (Å²) in [5, 5.41) is 8.89. The Kier molecular flexibility index (Phi) is 7.66. The minimum absolute atomic E-state index is 0.0845. The number of rotatable bonds is 10. The van der Waals surface area contributed by atoms with Crippen molar-refractivity contribution in [1.29, 1.82) is 0 Å². The lowest BCUT2D eigenvalue weighted by Gasteiger charge is -2.06. The van der Waals surface area contributed by atoms with Gasteiger partial charge in [-0.2, -0.15) is 0 Å². The summed E-state index contributed by atoms with van der Waals surface area (Å²) in [6.45, 7) is 3.94. The Morgan fingerprint density at radius 3 is 2.47 bits per heavy atom. The first kappa shape index (κ1) is 14.2. The van der Waals surface area contributed by atoms with E-state index in [0.717, 1.165) is 12.1 Å². The molecule has 0 spiro atoms. The number of aliphatic hydroxyl groups is 1. The third kappa shape index (κ3) is 6.43. The fraction of sp³-hybridized carbons (Fsp3) is 0.667. The molecular weight excluding hydrogens is 222 g/mol. The molecule has 0 atom stereocenters. The quantitative estimate of drug-likeness (QED) is 0.613. The number of hydrogen-bond donors (Lipinski definition) is 1. The van der Waals surface area contributed by atoms with Crippen LogP contribution in [0.2, 0.25) is 0 Å². The number of hydrogen-bond acceptors (Lipinski definition) is 4. The van der Waals surface area contributed by atoms with Gasteiger partial charge in [-0.15, -0.1) is 0 Å². The maximum Gasteiger partial charge on any atom is 0.0701 e. The molecule has 17 heavy (non-hydrogen) atoms. The number of ether oxygens (including phenoxy) is 3. The van der Waals surface area contributed by atoms with Gasteiger partial charge in [-0.25, -0.2) is 0 Å². The van der Waals surface area contributed by atoms with Crippen molar-refractivity contribution in [2.45, 2.75) is 13.2 Å². The second kappa shape index (κ2) is 9.18. The molecule has 0 aromatic carbocycles. The lowest BCUT2D eigenvalue weighted by molar-refractivity contribution is 0.0230. The van der Waals surface area contributed by atoms with Crippen molar-refractivity contribution in [2.24, 2.45) is 0 Å². The molecule has 98 valence electrons. The molecule has 0 aliphatic heterocycles. The lowest BCUT2D eigenvalue weighted by Crippen LogP contribution is -2.11. The Bertz CT molecular complexity index is 288. The maximum absolute atomic E-state index is 8.89. The van der Waals surface area contributed by atoms with Gasteiger partial charge < -0.3 is 23.9 Å². The first-order valence-corrected chi connectivity index (χ1v) is 5.76. The summed E-state index contributed by atoms with van der Waals surface area (Å²) in [5.41, 5.74) is 0.924. The minimum atomic E-state index is 0.0845. The molecule has 0 fully saturated rings. The van der Waals surface area contributed by atoms with Crippen LogP contribution in [-0.2, 0) is 27.4 Å². The summed E-state index contributed by atoms with van der Waals surface area (Å²) in [7, 11) is 1.65. The van der Waals surface area contributed by atoms with Gasteiger partial charge in [0, 0.05) is 26.0 Å².